The van der Waals surface area contributed by atoms with E-state index < -0.39 is 11.4 Å². The van der Waals surface area contributed by atoms with E-state index in [-0.39, 0.29) is 6.09 Å². The summed E-state index contributed by atoms with van der Waals surface area (Å²) in [6.07, 6.45) is 6.71. The van der Waals surface area contributed by atoms with E-state index in [4.69, 9.17) is 19.6 Å². The molecule has 44 heavy (non-hydrogen) atoms. The van der Waals surface area contributed by atoms with Crippen LogP contribution in [0.5, 0.6) is 5.75 Å². The van der Waals surface area contributed by atoms with Gasteiger partial charge in [-0.15, -0.1) is 11.3 Å². The van der Waals surface area contributed by atoms with Gasteiger partial charge in [0.05, 0.1) is 37.3 Å². The Hall–Kier alpha value is -4.26. The summed E-state index contributed by atoms with van der Waals surface area (Å²) in [5.74, 6) is 1.94. The van der Waals surface area contributed by atoms with E-state index in [0.717, 1.165) is 78.0 Å². The van der Waals surface area contributed by atoms with Crippen molar-refractivity contribution in [3.8, 4) is 17.0 Å². The Morgan fingerprint density at radius 2 is 1.84 bits per heavy atom. The van der Waals surface area contributed by atoms with Crippen LogP contribution in [-0.4, -0.2) is 74.6 Å². The van der Waals surface area contributed by atoms with Crippen LogP contribution in [0.25, 0.3) is 11.3 Å². The van der Waals surface area contributed by atoms with Crippen molar-refractivity contribution in [3.05, 3.63) is 59.1 Å². The van der Waals surface area contributed by atoms with E-state index >= 15 is 0 Å². The summed E-state index contributed by atoms with van der Waals surface area (Å²) in [6, 6.07) is 7.99. The molecule has 6 rings (SSSR count). The van der Waals surface area contributed by atoms with Gasteiger partial charge in [0.15, 0.2) is 16.8 Å². The maximum atomic E-state index is 13.3. The molecule has 232 valence electrons. The normalized spacial score (nSPS) is 15.4. The van der Waals surface area contributed by atoms with Crippen LogP contribution in [0.15, 0.2) is 42.9 Å². The largest absolute Gasteiger partial charge is 0.497 e. The SMILES string of the molecule is COc1ccc(Cn2cc3c(n2)N(CC2CCN(C(=O)OC(C)(C)C)CC2)CCc2sc(Nc4ncc(F)cn4)nc2-3)cc1. The average molecular weight is 621 g/mol. The molecule has 1 saturated heterocycles. The lowest BCUT2D eigenvalue weighted by Crippen LogP contribution is -2.44. The minimum absolute atomic E-state index is 0.240. The fourth-order valence-electron chi connectivity index (χ4n) is 5.52. The molecule has 11 nitrogen and oxygen atoms in total. The van der Waals surface area contributed by atoms with Gasteiger partial charge in [-0.2, -0.15) is 5.10 Å². The number of methoxy groups -OCH3 is 1. The van der Waals surface area contributed by atoms with Crippen molar-refractivity contribution in [2.24, 2.45) is 5.92 Å². The van der Waals surface area contributed by atoms with Gasteiger partial charge in [0.1, 0.15) is 11.4 Å². The van der Waals surface area contributed by atoms with E-state index in [9.17, 15) is 9.18 Å². The van der Waals surface area contributed by atoms with Crippen LogP contribution in [0.1, 0.15) is 44.1 Å². The predicted molar refractivity (Wildman–Crippen MR) is 167 cm³/mol. The van der Waals surface area contributed by atoms with Crippen LogP contribution < -0.4 is 15.0 Å². The van der Waals surface area contributed by atoms with E-state index in [2.05, 4.69) is 26.4 Å². The van der Waals surface area contributed by atoms with Crippen LogP contribution in [0, 0.1) is 11.7 Å². The Morgan fingerprint density at radius 1 is 1.11 bits per heavy atom. The molecule has 2 aliphatic rings. The van der Waals surface area contributed by atoms with Crippen molar-refractivity contribution in [1.82, 2.24) is 29.6 Å². The van der Waals surface area contributed by atoms with Crippen molar-refractivity contribution in [2.45, 2.75) is 52.2 Å². The number of anilines is 3. The summed E-state index contributed by atoms with van der Waals surface area (Å²) in [4.78, 5) is 30.9. The van der Waals surface area contributed by atoms with Gasteiger partial charge >= 0.3 is 6.09 Å². The molecule has 0 aliphatic carbocycles. The molecule has 1 amide bonds. The van der Waals surface area contributed by atoms with Crippen LogP contribution >= 0.6 is 11.3 Å². The number of nitrogens with zero attached hydrogens (tertiary/aromatic N) is 7. The summed E-state index contributed by atoms with van der Waals surface area (Å²) in [5.41, 5.74) is 2.47. The molecule has 0 bridgehead atoms. The molecule has 0 saturated carbocycles. The summed E-state index contributed by atoms with van der Waals surface area (Å²) >= 11 is 1.55. The number of aromatic nitrogens is 5. The molecule has 1 aromatic carbocycles. The molecule has 3 aromatic heterocycles. The summed E-state index contributed by atoms with van der Waals surface area (Å²) in [6.45, 7) is 9.29. The number of amides is 1. The van der Waals surface area contributed by atoms with Crippen LogP contribution in [0.3, 0.4) is 0 Å². The Kier molecular flexibility index (Phi) is 8.39. The molecule has 13 heteroatoms. The van der Waals surface area contributed by atoms with E-state index in [0.29, 0.717) is 36.6 Å². The number of hydrogen-bond acceptors (Lipinski definition) is 10. The first-order valence-electron chi connectivity index (χ1n) is 14.8. The lowest BCUT2D eigenvalue weighted by Gasteiger charge is -2.35. The Labute approximate surface area is 260 Å². The highest BCUT2D eigenvalue weighted by Crippen LogP contribution is 2.40. The van der Waals surface area contributed by atoms with Crippen molar-refractivity contribution >= 4 is 34.3 Å². The number of fused-ring (bicyclic) bond motifs is 3. The molecule has 0 atom stereocenters. The lowest BCUT2D eigenvalue weighted by molar-refractivity contribution is 0.0186. The van der Waals surface area contributed by atoms with E-state index in [1.165, 1.54) is 0 Å². The second kappa shape index (κ2) is 12.4. The quantitative estimate of drug-likeness (QED) is 0.276. The zero-order chi connectivity index (χ0) is 30.8. The molecule has 5 heterocycles. The van der Waals surface area contributed by atoms with Gasteiger partial charge in [0, 0.05) is 43.7 Å². The number of likely N-dealkylation sites (tertiary alicyclic amines) is 1. The Bertz CT molecular complexity index is 1590. The Balaban J connectivity index is 1.23. The minimum Gasteiger partial charge on any atom is -0.497 e. The number of thiazole rings is 1. The van der Waals surface area contributed by atoms with Crippen LogP contribution in [-0.2, 0) is 17.7 Å². The standard InChI is InChI=1S/C31H37FN8O3S/c1-31(2,3)43-30(41)38-12-9-21(10-13-38)17-39-14-11-25-26(35-29(44-25)36-28-33-15-22(32)16-34-28)24-19-40(37-27(24)39)18-20-5-7-23(42-4)8-6-20/h5-8,15-16,19,21H,9-14,17-18H2,1-4H3,(H,33,34,35,36). The number of piperidine rings is 1. The molecular formula is C31H37FN8O3S. The number of ether oxygens (including phenoxy) is 2. The fraction of sp³-hybridized carbons (Fsp3) is 0.452. The molecular weight excluding hydrogens is 583 g/mol. The molecule has 1 fully saturated rings. The first kappa shape index (κ1) is 29.8. The maximum absolute atomic E-state index is 13.3. The Morgan fingerprint density at radius 3 is 2.52 bits per heavy atom. The van der Waals surface area contributed by atoms with E-state index in [1.807, 2.05) is 54.6 Å². The third kappa shape index (κ3) is 6.93. The van der Waals surface area contributed by atoms with Crippen LogP contribution in [0.2, 0.25) is 0 Å². The van der Waals surface area contributed by atoms with Gasteiger partial charge in [-0.25, -0.2) is 24.1 Å². The predicted octanol–water partition coefficient (Wildman–Crippen LogP) is 5.75. The molecule has 0 radical (unpaired) electrons. The van der Waals surface area contributed by atoms with Crippen LogP contribution in [0.4, 0.5) is 26.1 Å². The topological polar surface area (TPSA) is 111 Å². The average Bonchev–Trinajstić information content (AvgIpc) is 3.57. The first-order valence-corrected chi connectivity index (χ1v) is 15.6. The third-order valence-corrected chi connectivity index (χ3v) is 8.72. The number of halogens is 1. The number of nitrogens with one attached hydrogen (secondary N) is 1. The molecule has 4 aromatic rings. The van der Waals surface area contributed by atoms with Gasteiger partial charge in [0.2, 0.25) is 5.95 Å². The van der Waals surface area contributed by atoms with Gasteiger partial charge in [-0.3, -0.25) is 4.68 Å². The van der Waals surface area contributed by atoms with Gasteiger partial charge in [-0.05, 0) is 57.2 Å². The summed E-state index contributed by atoms with van der Waals surface area (Å²) < 4.78 is 26.2. The molecule has 2 aliphatic heterocycles. The second-order valence-electron chi connectivity index (χ2n) is 12.2. The zero-order valence-corrected chi connectivity index (χ0v) is 26.2. The molecule has 0 spiro atoms. The van der Waals surface area contributed by atoms with Gasteiger partial charge < -0.3 is 24.6 Å². The van der Waals surface area contributed by atoms with Crippen molar-refractivity contribution in [1.29, 1.82) is 0 Å². The fourth-order valence-corrected chi connectivity index (χ4v) is 6.48. The van der Waals surface area contributed by atoms with Crippen molar-refractivity contribution < 1.29 is 18.7 Å². The van der Waals surface area contributed by atoms with Crippen molar-refractivity contribution in [3.63, 3.8) is 0 Å². The highest BCUT2D eigenvalue weighted by Gasteiger charge is 2.31. The lowest BCUT2D eigenvalue weighted by atomic mass is 9.96. The zero-order valence-electron chi connectivity index (χ0n) is 25.4. The molecule has 1 N–H and O–H groups in total. The van der Waals surface area contributed by atoms with Gasteiger partial charge in [0.25, 0.3) is 0 Å². The van der Waals surface area contributed by atoms with E-state index in [1.54, 1.807) is 18.4 Å². The molecule has 0 unspecified atom stereocenters. The van der Waals surface area contributed by atoms with Crippen molar-refractivity contribution in [2.75, 3.05) is 43.5 Å². The summed E-state index contributed by atoms with van der Waals surface area (Å²) in [5, 5.41) is 8.86. The number of rotatable bonds is 7. The summed E-state index contributed by atoms with van der Waals surface area (Å²) in [7, 11) is 1.66. The van der Waals surface area contributed by atoms with Gasteiger partial charge in [-0.1, -0.05) is 12.1 Å². The monoisotopic (exact) mass is 620 g/mol. The number of hydrogen-bond donors (Lipinski definition) is 1. The highest BCUT2D eigenvalue weighted by molar-refractivity contribution is 7.16. The first-order chi connectivity index (χ1) is 21.1. The number of carbonyl (C=O) groups is 1. The maximum Gasteiger partial charge on any atom is 0.410 e. The third-order valence-electron chi connectivity index (χ3n) is 7.69. The second-order valence-corrected chi connectivity index (χ2v) is 13.2. The number of carbonyl (C=O) groups excluding carboxylic acids is 1. The highest BCUT2D eigenvalue weighted by atomic mass is 32.1. The number of benzene rings is 1. The minimum atomic E-state index is -0.504. The smallest absolute Gasteiger partial charge is 0.410 e.